The average Bonchev–Trinajstić information content (AvgIpc) is 3.13. The summed E-state index contributed by atoms with van der Waals surface area (Å²) in [6.45, 7) is 5.16. The topological polar surface area (TPSA) is 73.2 Å². The van der Waals surface area contributed by atoms with E-state index >= 15 is 0 Å². The highest BCUT2D eigenvalue weighted by molar-refractivity contribution is 7.93. The second kappa shape index (κ2) is 6.02. The molecule has 8 heteroatoms. The first-order chi connectivity index (χ1) is 10.4. The number of aromatic nitrogens is 2. The van der Waals surface area contributed by atoms with Crippen molar-refractivity contribution < 1.29 is 13.2 Å². The Bertz CT molecular complexity index is 758. The molecule has 1 saturated heterocycles. The molecule has 1 aliphatic rings. The van der Waals surface area contributed by atoms with Crippen LogP contribution in [0, 0.1) is 13.8 Å². The number of sulfonamides is 1. The third kappa shape index (κ3) is 3.34. The van der Waals surface area contributed by atoms with Crippen LogP contribution in [0.25, 0.3) is 0 Å². The lowest BCUT2D eigenvalue weighted by molar-refractivity contribution is 0.0940. The molecule has 1 fully saturated rings. The van der Waals surface area contributed by atoms with E-state index in [0.717, 1.165) is 29.2 Å². The molecule has 0 spiro atoms. The molecule has 3 rings (SSSR count). The predicted molar refractivity (Wildman–Crippen MR) is 85.8 cm³/mol. The minimum atomic E-state index is -3.56. The van der Waals surface area contributed by atoms with Crippen molar-refractivity contribution in [1.82, 2.24) is 9.78 Å². The number of ether oxygens (including phenoxy) is 1. The standard InChI is InChI=1S/C14H19N3O3S2/c1-10-6-14(11(2)21-10)22(18,19)16-12-7-15-17(8-12)9-13-4-3-5-20-13/h6-8,13,16H,3-5,9H2,1-2H3. The van der Waals surface area contributed by atoms with Crippen LogP contribution in [-0.4, -0.2) is 30.9 Å². The molecule has 120 valence electrons. The maximum atomic E-state index is 12.4. The van der Waals surface area contributed by atoms with Gasteiger partial charge in [0.1, 0.15) is 4.90 Å². The van der Waals surface area contributed by atoms with Crippen molar-refractivity contribution in [2.45, 2.75) is 44.2 Å². The van der Waals surface area contributed by atoms with Gasteiger partial charge in [0, 0.05) is 22.6 Å². The largest absolute Gasteiger partial charge is 0.376 e. The van der Waals surface area contributed by atoms with E-state index in [-0.39, 0.29) is 6.10 Å². The molecule has 2 aromatic rings. The van der Waals surface area contributed by atoms with Crippen LogP contribution in [0.2, 0.25) is 0 Å². The van der Waals surface area contributed by atoms with Crippen molar-refractivity contribution in [3.05, 3.63) is 28.2 Å². The maximum Gasteiger partial charge on any atom is 0.263 e. The first-order valence-electron chi connectivity index (χ1n) is 7.18. The second-order valence-electron chi connectivity index (χ2n) is 5.47. The number of rotatable bonds is 5. The fourth-order valence-corrected chi connectivity index (χ4v) is 5.18. The van der Waals surface area contributed by atoms with Crippen LogP contribution < -0.4 is 4.72 Å². The molecule has 3 heterocycles. The van der Waals surface area contributed by atoms with E-state index in [4.69, 9.17) is 4.74 Å². The number of anilines is 1. The van der Waals surface area contributed by atoms with Gasteiger partial charge in [-0.25, -0.2) is 8.42 Å². The van der Waals surface area contributed by atoms with Gasteiger partial charge in [-0.1, -0.05) is 0 Å². The Morgan fingerprint density at radius 3 is 2.95 bits per heavy atom. The van der Waals surface area contributed by atoms with E-state index in [0.29, 0.717) is 17.1 Å². The molecule has 6 nitrogen and oxygen atoms in total. The van der Waals surface area contributed by atoms with Crippen molar-refractivity contribution in [1.29, 1.82) is 0 Å². The van der Waals surface area contributed by atoms with Gasteiger partial charge in [0.25, 0.3) is 10.0 Å². The normalized spacial score (nSPS) is 18.7. The monoisotopic (exact) mass is 341 g/mol. The molecule has 22 heavy (non-hydrogen) atoms. The summed E-state index contributed by atoms with van der Waals surface area (Å²) in [4.78, 5) is 2.10. The van der Waals surface area contributed by atoms with Crippen molar-refractivity contribution in [3.8, 4) is 0 Å². The van der Waals surface area contributed by atoms with Crippen LogP contribution in [0.5, 0.6) is 0 Å². The fraction of sp³-hybridized carbons (Fsp3) is 0.500. The summed E-state index contributed by atoms with van der Waals surface area (Å²) in [5.74, 6) is 0. The summed E-state index contributed by atoms with van der Waals surface area (Å²) in [5.41, 5.74) is 0.473. The molecule has 1 N–H and O–H groups in total. The Labute approximate surface area is 134 Å². The first-order valence-corrected chi connectivity index (χ1v) is 9.48. The number of thiophene rings is 1. The van der Waals surface area contributed by atoms with E-state index in [2.05, 4.69) is 9.82 Å². The van der Waals surface area contributed by atoms with Crippen LogP contribution in [0.3, 0.4) is 0 Å². The summed E-state index contributed by atoms with van der Waals surface area (Å²) in [6, 6.07) is 1.69. The van der Waals surface area contributed by atoms with Gasteiger partial charge >= 0.3 is 0 Å². The van der Waals surface area contributed by atoms with E-state index in [1.165, 1.54) is 17.5 Å². The molecule has 0 radical (unpaired) electrons. The summed E-state index contributed by atoms with van der Waals surface area (Å²) >= 11 is 1.48. The van der Waals surface area contributed by atoms with Crippen LogP contribution >= 0.6 is 11.3 Å². The van der Waals surface area contributed by atoms with Gasteiger partial charge in [0.05, 0.1) is 24.5 Å². The first kappa shape index (κ1) is 15.5. The lowest BCUT2D eigenvalue weighted by Gasteiger charge is -2.08. The van der Waals surface area contributed by atoms with Gasteiger partial charge in [0.2, 0.25) is 0 Å². The molecule has 0 bridgehead atoms. The summed E-state index contributed by atoms with van der Waals surface area (Å²) in [5, 5.41) is 4.20. The molecule has 0 saturated carbocycles. The third-order valence-electron chi connectivity index (χ3n) is 3.59. The summed E-state index contributed by atoms with van der Waals surface area (Å²) in [6.07, 6.45) is 5.50. The summed E-state index contributed by atoms with van der Waals surface area (Å²) < 4.78 is 34.7. The van der Waals surface area contributed by atoms with Gasteiger partial charge in [0.15, 0.2) is 0 Å². The highest BCUT2D eigenvalue weighted by Gasteiger charge is 2.21. The van der Waals surface area contributed by atoms with E-state index in [1.54, 1.807) is 16.9 Å². The van der Waals surface area contributed by atoms with E-state index in [9.17, 15) is 8.42 Å². The Balaban J connectivity index is 1.72. The van der Waals surface area contributed by atoms with Crippen molar-refractivity contribution in [3.63, 3.8) is 0 Å². The van der Waals surface area contributed by atoms with Gasteiger partial charge in [-0.3, -0.25) is 9.40 Å². The molecule has 2 aromatic heterocycles. The molecule has 1 unspecified atom stereocenters. The van der Waals surface area contributed by atoms with Gasteiger partial charge in [-0.2, -0.15) is 5.10 Å². The number of nitrogens with zero attached hydrogens (tertiary/aromatic N) is 2. The highest BCUT2D eigenvalue weighted by atomic mass is 32.2. The molecule has 0 aliphatic carbocycles. The van der Waals surface area contributed by atoms with E-state index < -0.39 is 10.0 Å². The van der Waals surface area contributed by atoms with Crippen molar-refractivity contribution >= 4 is 27.0 Å². The SMILES string of the molecule is Cc1cc(S(=O)(=O)Nc2cnn(CC3CCCO3)c2)c(C)s1. The Hall–Kier alpha value is -1.38. The molecular formula is C14H19N3O3S2. The molecule has 1 atom stereocenters. The van der Waals surface area contributed by atoms with Crippen molar-refractivity contribution in [2.75, 3.05) is 11.3 Å². The zero-order valence-electron chi connectivity index (χ0n) is 12.6. The van der Waals surface area contributed by atoms with Crippen LogP contribution in [0.1, 0.15) is 22.6 Å². The quantitative estimate of drug-likeness (QED) is 0.907. The van der Waals surface area contributed by atoms with Crippen LogP contribution in [0.4, 0.5) is 5.69 Å². The number of nitrogens with one attached hydrogen (secondary N) is 1. The zero-order chi connectivity index (χ0) is 15.7. The Morgan fingerprint density at radius 2 is 2.32 bits per heavy atom. The third-order valence-corrected chi connectivity index (χ3v) is 6.19. The molecular weight excluding hydrogens is 322 g/mol. The number of aryl methyl sites for hydroxylation is 2. The number of hydrogen-bond donors (Lipinski definition) is 1. The lowest BCUT2D eigenvalue weighted by atomic mass is 10.2. The van der Waals surface area contributed by atoms with Gasteiger partial charge in [-0.15, -0.1) is 11.3 Å². The summed E-state index contributed by atoms with van der Waals surface area (Å²) in [7, 11) is -3.56. The highest BCUT2D eigenvalue weighted by Crippen LogP contribution is 2.26. The van der Waals surface area contributed by atoms with Gasteiger partial charge < -0.3 is 4.74 Å². The lowest BCUT2D eigenvalue weighted by Crippen LogP contribution is -2.15. The maximum absolute atomic E-state index is 12.4. The van der Waals surface area contributed by atoms with Crippen LogP contribution in [0.15, 0.2) is 23.4 Å². The molecule has 1 aliphatic heterocycles. The predicted octanol–water partition coefficient (Wildman–Crippen LogP) is 2.54. The minimum absolute atomic E-state index is 0.172. The minimum Gasteiger partial charge on any atom is -0.376 e. The second-order valence-corrected chi connectivity index (χ2v) is 8.58. The van der Waals surface area contributed by atoms with Crippen LogP contribution in [-0.2, 0) is 21.3 Å². The van der Waals surface area contributed by atoms with Gasteiger partial charge in [-0.05, 0) is 32.8 Å². The Morgan fingerprint density at radius 1 is 1.50 bits per heavy atom. The molecule has 0 amide bonds. The smallest absolute Gasteiger partial charge is 0.263 e. The average molecular weight is 341 g/mol. The Kier molecular flexibility index (Phi) is 4.24. The van der Waals surface area contributed by atoms with Crippen molar-refractivity contribution in [2.24, 2.45) is 0 Å². The zero-order valence-corrected chi connectivity index (χ0v) is 14.2. The fourth-order valence-electron chi connectivity index (χ4n) is 2.60. The molecule has 0 aromatic carbocycles. The van der Waals surface area contributed by atoms with E-state index in [1.807, 2.05) is 13.8 Å². The number of hydrogen-bond acceptors (Lipinski definition) is 5.